The number of ether oxygens (including phenoxy) is 1. The molecule has 2 nitrogen and oxygen atoms in total. The molecule has 7 heteroatoms. The Balaban J connectivity index is 2.90. The molecule has 0 amide bonds. The van der Waals surface area contributed by atoms with E-state index in [1.165, 1.54) is 0 Å². The first-order valence-corrected chi connectivity index (χ1v) is 4.58. The fourth-order valence-electron chi connectivity index (χ4n) is 0.932. The maximum absolute atomic E-state index is 13.0. The number of rotatable bonds is 4. The summed E-state index contributed by atoms with van der Waals surface area (Å²) in [7, 11) is 0. The molecule has 1 rings (SSSR count). The molecule has 0 fully saturated rings. The second kappa shape index (κ2) is 5.11. The summed E-state index contributed by atoms with van der Waals surface area (Å²) in [5, 5.41) is 0. The average molecular weight is 253 g/mol. The fraction of sp³-hybridized carbons (Fsp3) is 0.222. The van der Waals surface area contributed by atoms with Gasteiger partial charge in [-0.2, -0.15) is 8.78 Å². The van der Waals surface area contributed by atoms with E-state index in [2.05, 4.69) is 17.0 Å². The molecule has 1 aromatic rings. The number of thiocarbonyl (C=S) groups is 1. The molecule has 0 aliphatic heterocycles. The van der Waals surface area contributed by atoms with Crippen molar-refractivity contribution in [3.8, 4) is 5.75 Å². The maximum Gasteiger partial charge on any atom is 0.203 e. The van der Waals surface area contributed by atoms with Crippen LogP contribution in [0.1, 0.15) is 6.42 Å². The summed E-state index contributed by atoms with van der Waals surface area (Å²) >= 11 is 4.49. The molecular weight excluding hydrogens is 246 g/mol. The monoisotopic (exact) mass is 253 g/mol. The second-order valence-electron chi connectivity index (χ2n) is 2.86. The number of hydrogen-bond acceptors (Lipinski definition) is 2. The molecule has 0 saturated carbocycles. The lowest BCUT2D eigenvalue weighted by Gasteiger charge is -2.08. The molecule has 88 valence electrons. The van der Waals surface area contributed by atoms with Crippen LogP contribution in [-0.2, 0) is 0 Å². The molecule has 0 spiro atoms. The topological polar surface area (TPSA) is 35.2 Å². The quantitative estimate of drug-likeness (QED) is 0.508. The van der Waals surface area contributed by atoms with Crippen molar-refractivity contribution in [1.82, 2.24) is 0 Å². The first-order valence-electron chi connectivity index (χ1n) is 4.17. The van der Waals surface area contributed by atoms with Gasteiger partial charge in [-0.15, -0.1) is 0 Å². The van der Waals surface area contributed by atoms with Crippen molar-refractivity contribution in [2.45, 2.75) is 6.42 Å². The van der Waals surface area contributed by atoms with Gasteiger partial charge in [0.25, 0.3) is 0 Å². The minimum Gasteiger partial charge on any atom is -0.487 e. The van der Waals surface area contributed by atoms with Crippen LogP contribution in [0.15, 0.2) is 6.07 Å². The summed E-state index contributed by atoms with van der Waals surface area (Å²) < 4.78 is 55.9. The molecule has 0 aliphatic carbocycles. The Bertz CT molecular complexity index is 398. The summed E-state index contributed by atoms with van der Waals surface area (Å²) in [5.74, 6) is -7.31. The van der Waals surface area contributed by atoms with Gasteiger partial charge >= 0.3 is 0 Å². The molecule has 1 aromatic carbocycles. The third-order valence-corrected chi connectivity index (χ3v) is 1.87. The van der Waals surface area contributed by atoms with E-state index in [1.54, 1.807) is 0 Å². The summed E-state index contributed by atoms with van der Waals surface area (Å²) in [4.78, 5) is 0.0673. The van der Waals surface area contributed by atoms with Crippen LogP contribution in [0, 0.1) is 23.3 Å². The van der Waals surface area contributed by atoms with Gasteiger partial charge in [-0.1, -0.05) is 12.2 Å². The number of benzene rings is 1. The lowest BCUT2D eigenvalue weighted by atomic mass is 10.3. The van der Waals surface area contributed by atoms with Crippen LogP contribution in [0.4, 0.5) is 17.6 Å². The van der Waals surface area contributed by atoms with E-state index in [4.69, 9.17) is 5.73 Å². The normalized spacial score (nSPS) is 10.2. The third-order valence-electron chi connectivity index (χ3n) is 1.67. The molecule has 2 N–H and O–H groups in total. The zero-order valence-corrected chi connectivity index (χ0v) is 8.71. The fourth-order valence-corrected chi connectivity index (χ4v) is 1.01. The average Bonchev–Trinajstić information content (AvgIpc) is 2.20. The van der Waals surface area contributed by atoms with Crippen LogP contribution in [0.2, 0.25) is 0 Å². The highest BCUT2D eigenvalue weighted by atomic mass is 32.1. The second-order valence-corrected chi connectivity index (χ2v) is 3.39. The Hall–Kier alpha value is -1.37. The van der Waals surface area contributed by atoms with Crippen molar-refractivity contribution in [3.05, 3.63) is 29.3 Å². The van der Waals surface area contributed by atoms with Crippen molar-refractivity contribution >= 4 is 17.2 Å². The molecule has 0 atom stereocenters. The summed E-state index contributed by atoms with van der Waals surface area (Å²) in [6.45, 7) is -0.258. The minimum absolute atomic E-state index is 0.0480. The molecule has 0 radical (unpaired) electrons. The largest absolute Gasteiger partial charge is 0.487 e. The number of hydrogen-bond donors (Lipinski definition) is 1. The van der Waals surface area contributed by atoms with Crippen molar-refractivity contribution in [3.63, 3.8) is 0 Å². The Morgan fingerprint density at radius 1 is 1.19 bits per heavy atom. The number of nitrogens with two attached hydrogens (primary N) is 1. The van der Waals surface area contributed by atoms with E-state index in [-0.39, 0.29) is 24.1 Å². The summed E-state index contributed by atoms with van der Waals surface area (Å²) in [6, 6.07) is 0.102. The van der Waals surface area contributed by atoms with E-state index in [0.29, 0.717) is 0 Å². The molecule has 0 heterocycles. The highest BCUT2D eigenvalue weighted by molar-refractivity contribution is 7.80. The van der Waals surface area contributed by atoms with Crippen LogP contribution in [0.5, 0.6) is 5.75 Å². The van der Waals surface area contributed by atoms with Crippen LogP contribution < -0.4 is 10.5 Å². The smallest absolute Gasteiger partial charge is 0.203 e. The molecule has 0 bridgehead atoms. The van der Waals surface area contributed by atoms with E-state index in [1.807, 2.05) is 0 Å². The lowest BCUT2D eigenvalue weighted by molar-refractivity contribution is 0.279. The Kier molecular flexibility index (Phi) is 4.05. The molecule has 0 aromatic heterocycles. The van der Waals surface area contributed by atoms with Gasteiger partial charge in [0.1, 0.15) is 0 Å². The van der Waals surface area contributed by atoms with Gasteiger partial charge in [0.2, 0.25) is 11.6 Å². The molecule has 0 unspecified atom stereocenters. The summed E-state index contributed by atoms with van der Waals surface area (Å²) in [5.41, 5.74) is 5.11. The standard InChI is InChI=1S/C9H7F4NOS/c10-4-3-5(11)8(13)9(7(4)12)15-2-1-6(14)16/h3H,1-2H2,(H2,14,16). The molecule has 0 saturated heterocycles. The zero-order valence-electron chi connectivity index (χ0n) is 7.90. The molecule has 16 heavy (non-hydrogen) atoms. The van der Waals surface area contributed by atoms with E-state index in [0.717, 1.165) is 0 Å². The third kappa shape index (κ3) is 2.82. The predicted molar refractivity (Wildman–Crippen MR) is 53.2 cm³/mol. The van der Waals surface area contributed by atoms with E-state index >= 15 is 0 Å². The van der Waals surface area contributed by atoms with Gasteiger partial charge in [0.15, 0.2) is 17.4 Å². The van der Waals surface area contributed by atoms with Gasteiger partial charge in [0.05, 0.1) is 11.6 Å². The van der Waals surface area contributed by atoms with Crippen LogP contribution >= 0.6 is 12.2 Å². The van der Waals surface area contributed by atoms with Crippen LogP contribution in [0.25, 0.3) is 0 Å². The Morgan fingerprint density at radius 3 is 2.12 bits per heavy atom. The van der Waals surface area contributed by atoms with Crippen LogP contribution in [-0.4, -0.2) is 11.6 Å². The highest BCUT2D eigenvalue weighted by Gasteiger charge is 2.20. The maximum atomic E-state index is 13.0. The highest BCUT2D eigenvalue weighted by Crippen LogP contribution is 2.26. The Labute approximate surface area is 94.0 Å². The first-order chi connectivity index (χ1) is 7.43. The van der Waals surface area contributed by atoms with Crippen molar-refractivity contribution in [2.75, 3.05) is 6.61 Å². The van der Waals surface area contributed by atoms with Crippen molar-refractivity contribution in [1.29, 1.82) is 0 Å². The molecular formula is C9H7F4NOS. The van der Waals surface area contributed by atoms with Gasteiger partial charge < -0.3 is 10.5 Å². The van der Waals surface area contributed by atoms with Gasteiger partial charge in [-0.05, 0) is 0 Å². The van der Waals surface area contributed by atoms with E-state index < -0.39 is 29.0 Å². The minimum atomic E-state index is -1.58. The molecule has 0 aliphatic rings. The van der Waals surface area contributed by atoms with Crippen molar-refractivity contribution < 1.29 is 22.3 Å². The lowest BCUT2D eigenvalue weighted by Crippen LogP contribution is -2.14. The van der Waals surface area contributed by atoms with Crippen molar-refractivity contribution in [2.24, 2.45) is 5.73 Å². The predicted octanol–water partition coefficient (Wildman–Crippen LogP) is 2.30. The zero-order chi connectivity index (χ0) is 12.3. The SMILES string of the molecule is NC(=S)CCOc1c(F)c(F)cc(F)c1F. The van der Waals surface area contributed by atoms with Gasteiger partial charge in [0, 0.05) is 12.5 Å². The van der Waals surface area contributed by atoms with Gasteiger partial charge in [-0.25, -0.2) is 8.78 Å². The number of halogens is 4. The van der Waals surface area contributed by atoms with E-state index in [9.17, 15) is 17.6 Å². The Morgan fingerprint density at radius 2 is 1.69 bits per heavy atom. The first kappa shape index (κ1) is 12.7. The summed E-state index contributed by atoms with van der Waals surface area (Å²) in [6.07, 6.45) is 0.0480. The van der Waals surface area contributed by atoms with Gasteiger partial charge in [-0.3, -0.25) is 0 Å². The van der Waals surface area contributed by atoms with Crippen LogP contribution in [0.3, 0.4) is 0 Å².